The molecule has 0 N–H and O–H groups in total. The maximum atomic E-state index is 12.3. The van der Waals surface area contributed by atoms with E-state index in [-0.39, 0.29) is 11.9 Å². The van der Waals surface area contributed by atoms with Crippen LogP contribution in [-0.2, 0) is 11.4 Å². The number of aromatic nitrogens is 3. The minimum absolute atomic E-state index is 0.109. The van der Waals surface area contributed by atoms with Crippen molar-refractivity contribution in [2.75, 3.05) is 13.1 Å². The second kappa shape index (κ2) is 6.60. The van der Waals surface area contributed by atoms with Crippen molar-refractivity contribution in [2.24, 2.45) is 0 Å². The second-order valence-corrected chi connectivity index (χ2v) is 5.50. The second-order valence-electron chi connectivity index (χ2n) is 5.50. The number of amides is 1. The number of likely N-dealkylation sites (tertiary alicyclic amines) is 1. The van der Waals surface area contributed by atoms with E-state index in [9.17, 15) is 4.79 Å². The number of hydrogen-bond acceptors (Lipinski definition) is 4. The quantitative estimate of drug-likeness (QED) is 0.848. The molecule has 0 aliphatic carbocycles. The number of ether oxygens (including phenoxy) is 1. The summed E-state index contributed by atoms with van der Waals surface area (Å²) in [7, 11) is 0. The molecular formula is C16H20N4O2. The normalized spacial score (nSPS) is 15.8. The number of hydrogen-bond donors (Lipinski definition) is 0. The molecule has 22 heavy (non-hydrogen) atoms. The molecule has 1 aliphatic rings. The predicted molar refractivity (Wildman–Crippen MR) is 81.3 cm³/mol. The summed E-state index contributed by atoms with van der Waals surface area (Å²) in [6, 6.07) is 9.24. The Labute approximate surface area is 129 Å². The van der Waals surface area contributed by atoms with Gasteiger partial charge in [0.1, 0.15) is 24.1 Å². The summed E-state index contributed by atoms with van der Waals surface area (Å²) in [5.41, 5.74) is 0.713. The van der Waals surface area contributed by atoms with Gasteiger partial charge in [0.15, 0.2) is 0 Å². The van der Waals surface area contributed by atoms with E-state index in [0.29, 0.717) is 12.3 Å². The highest BCUT2D eigenvalue weighted by atomic mass is 16.5. The van der Waals surface area contributed by atoms with Crippen LogP contribution >= 0.6 is 0 Å². The van der Waals surface area contributed by atoms with Crippen molar-refractivity contribution in [3.05, 3.63) is 42.2 Å². The topological polar surface area (TPSA) is 60.2 Å². The van der Waals surface area contributed by atoms with Crippen LogP contribution < -0.4 is 4.74 Å². The third-order valence-electron chi connectivity index (χ3n) is 3.86. The van der Waals surface area contributed by atoms with Gasteiger partial charge in [-0.15, -0.1) is 5.10 Å². The van der Waals surface area contributed by atoms with Crippen LogP contribution in [0.4, 0.5) is 0 Å². The SMILES string of the molecule is C[C@@H](C(=O)N1CCCC1)n1cc(COc2ccccc2)nn1. The number of rotatable bonds is 5. The summed E-state index contributed by atoms with van der Waals surface area (Å²) in [5.74, 6) is 0.899. The smallest absolute Gasteiger partial charge is 0.247 e. The molecule has 2 aromatic rings. The summed E-state index contributed by atoms with van der Waals surface area (Å²) >= 11 is 0. The Kier molecular flexibility index (Phi) is 4.37. The molecule has 0 saturated carbocycles. The minimum atomic E-state index is -0.323. The van der Waals surface area contributed by atoms with Gasteiger partial charge in [-0.2, -0.15) is 0 Å². The predicted octanol–water partition coefficient (Wildman–Crippen LogP) is 2.04. The Balaban J connectivity index is 1.59. The highest BCUT2D eigenvalue weighted by molar-refractivity contribution is 5.80. The fourth-order valence-corrected chi connectivity index (χ4v) is 2.56. The van der Waals surface area contributed by atoms with Gasteiger partial charge in [0.05, 0.1) is 6.20 Å². The minimum Gasteiger partial charge on any atom is -0.487 e. The van der Waals surface area contributed by atoms with E-state index in [1.54, 1.807) is 10.9 Å². The summed E-state index contributed by atoms with van der Waals surface area (Å²) < 4.78 is 7.25. The van der Waals surface area contributed by atoms with Gasteiger partial charge in [-0.3, -0.25) is 4.79 Å². The lowest BCUT2D eigenvalue weighted by Gasteiger charge is -2.19. The van der Waals surface area contributed by atoms with Crippen LogP contribution in [0.15, 0.2) is 36.5 Å². The zero-order chi connectivity index (χ0) is 15.4. The Bertz CT molecular complexity index is 620. The van der Waals surface area contributed by atoms with Crippen LogP contribution in [0, 0.1) is 0 Å². The molecular weight excluding hydrogens is 280 g/mol. The molecule has 0 unspecified atom stereocenters. The Hall–Kier alpha value is -2.37. The van der Waals surface area contributed by atoms with E-state index < -0.39 is 0 Å². The van der Waals surface area contributed by atoms with Crippen molar-refractivity contribution in [1.82, 2.24) is 19.9 Å². The summed E-state index contributed by atoms with van der Waals surface area (Å²) in [6.07, 6.45) is 3.96. The Morgan fingerprint density at radius 2 is 2.00 bits per heavy atom. The Morgan fingerprint density at radius 3 is 2.73 bits per heavy atom. The molecule has 1 aliphatic heterocycles. The van der Waals surface area contributed by atoms with Crippen LogP contribution in [0.3, 0.4) is 0 Å². The third kappa shape index (κ3) is 3.27. The van der Waals surface area contributed by atoms with E-state index in [4.69, 9.17) is 4.74 Å². The molecule has 0 radical (unpaired) electrons. The fourth-order valence-electron chi connectivity index (χ4n) is 2.56. The van der Waals surface area contributed by atoms with Gasteiger partial charge in [0.2, 0.25) is 5.91 Å². The number of carbonyl (C=O) groups is 1. The number of carbonyl (C=O) groups excluding carboxylic acids is 1. The number of nitrogens with zero attached hydrogens (tertiary/aromatic N) is 4. The zero-order valence-corrected chi connectivity index (χ0v) is 12.7. The molecule has 1 aromatic carbocycles. The molecule has 2 heterocycles. The molecule has 0 spiro atoms. The van der Waals surface area contributed by atoms with E-state index in [2.05, 4.69) is 10.3 Å². The first-order valence-electron chi connectivity index (χ1n) is 7.61. The van der Waals surface area contributed by atoms with Gasteiger partial charge in [-0.1, -0.05) is 23.4 Å². The lowest BCUT2D eigenvalue weighted by Crippen LogP contribution is -2.34. The van der Waals surface area contributed by atoms with Crippen molar-refractivity contribution in [1.29, 1.82) is 0 Å². The molecule has 1 aromatic heterocycles. The van der Waals surface area contributed by atoms with Gasteiger partial charge < -0.3 is 9.64 Å². The van der Waals surface area contributed by atoms with E-state index in [1.807, 2.05) is 42.2 Å². The summed E-state index contributed by atoms with van der Waals surface area (Å²) in [5, 5.41) is 8.14. The van der Waals surface area contributed by atoms with Crippen LogP contribution in [0.25, 0.3) is 0 Å². The van der Waals surface area contributed by atoms with E-state index in [0.717, 1.165) is 31.7 Å². The van der Waals surface area contributed by atoms with Crippen molar-refractivity contribution in [3.8, 4) is 5.75 Å². The first kappa shape index (κ1) is 14.6. The first-order chi connectivity index (χ1) is 10.7. The molecule has 3 rings (SSSR count). The average molecular weight is 300 g/mol. The highest BCUT2D eigenvalue weighted by Gasteiger charge is 2.25. The van der Waals surface area contributed by atoms with Crippen molar-refractivity contribution in [2.45, 2.75) is 32.4 Å². The number of benzene rings is 1. The standard InChI is InChI=1S/C16H20N4O2/c1-13(16(21)19-9-5-6-10-19)20-11-14(17-18-20)12-22-15-7-3-2-4-8-15/h2-4,7-8,11,13H,5-6,9-10,12H2,1H3/t13-/m0/s1. The fraction of sp³-hybridized carbons (Fsp3) is 0.438. The first-order valence-corrected chi connectivity index (χ1v) is 7.61. The van der Waals surface area contributed by atoms with Gasteiger partial charge >= 0.3 is 0 Å². The van der Waals surface area contributed by atoms with Crippen LogP contribution in [0.1, 0.15) is 31.5 Å². The van der Waals surface area contributed by atoms with Gasteiger partial charge in [0, 0.05) is 13.1 Å². The molecule has 6 heteroatoms. The lowest BCUT2D eigenvalue weighted by molar-refractivity contribution is -0.133. The molecule has 116 valence electrons. The van der Waals surface area contributed by atoms with Crippen LogP contribution in [0.2, 0.25) is 0 Å². The van der Waals surface area contributed by atoms with Gasteiger partial charge in [-0.25, -0.2) is 4.68 Å². The molecule has 0 bridgehead atoms. The Morgan fingerprint density at radius 1 is 1.27 bits per heavy atom. The zero-order valence-electron chi connectivity index (χ0n) is 12.7. The maximum Gasteiger partial charge on any atom is 0.247 e. The molecule has 1 fully saturated rings. The molecule has 1 saturated heterocycles. The van der Waals surface area contributed by atoms with E-state index in [1.165, 1.54) is 0 Å². The largest absolute Gasteiger partial charge is 0.487 e. The van der Waals surface area contributed by atoms with Crippen molar-refractivity contribution < 1.29 is 9.53 Å². The highest BCUT2D eigenvalue weighted by Crippen LogP contribution is 2.16. The summed E-state index contributed by atoms with van der Waals surface area (Å²) in [4.78, 5) is 14.2. The average Bonchev–Trinajstić information content (AvgIpc) is 3.24. The molecule has 1 atom stereocenters. The molecule has 6 nitrogen and oxygen atoms in total. The van der Waals surface area contributed by atoms with Crippen LogP contribution in [0.5, 0.6) is 5.75 Å². The maximum absolute atomic E-state index is 12.3. The van der Waals surface area contributed by atoms with Gasteiger partial charge in [-0.05, 0) is 31.9 Å². The summed E-state index contributed by atoms with van der Waals surface area (Å²) in [6.45, 7) is 3.90. The van der Waals surface area contributed by atoms with Gasteiger partial charge in [0.25, 0.3) is 0 Å². The number of para-hydroxylation sites is 1. The third-order valence-corrected chi connectivity index (χ3v) is 3.86. The van der Waals surface area contributed by atoms with Crippen LogP contribution in [-0.4, -0.2) is 38.9 Å². The van der Waals surface area contributed by atoms with Crippen molar-refractivity contribution >= 4 is 5.91 Å². The monoisotopic (exact) mass is 300 g/mol. The lowest BCUT2D eigenvalue weighted by atomic mass is 10.3. The van der Waals surface area contributed by atoms with Crippen molar-refractivity contribution in [3.63, 3.8) is 0 Å². The molecule has 1 amide bonds. The van der Waals surface area contributed by atoms with E-state index >= 15 is 0 Å².